The van der Waals surface area contributed by atoms with Crippen molar-refractivity contribution in [3.8, 4) is 33.8 Å². The van der Waals surface area contributed by atoms with Crippen LogP contribution in [0.15, 0.2) is 115 Å². The van der Waals surface area contributed by atoms with E-state index < -0.39 is 0 Å². The number of rotatable bonds is 2. The number of hydrogen-bond acceptors (Lipinski definition) is 1. The van der Waals surface area contributed by atoms with Crippen LogP contribution >= 0.6 is 0 Å². The standard InChI is InChI=1S/C35H28O/c1-34(2)28-14-8-7-13-26(28)27-21-23(17-19-29(27)34)24-18-20-31-33(22-24)36-32-16-10-9-15-30(32)35(31,3)25-11-5-4-6-12-25/h4-22H,1-3H3. The molecule has 5 aromatic carbocycles. The van der Waals surface area contributed by atoms with Gasteiger partial charge in [0.2, 0.25) is 0 Å². The van der Waals surface area contributed by atoms with Crippen molar-refractivity contribution < 1.29 is 4.74 Å². The Morgan fingerprint density at radius 2 is 1.06 bits per heavy atom. The molecule has 36 heavy (non-hydrogen) atoms. The number of ether oxygens (including phenoxy) is 1. The van der Waals surface area contributed by atoms with Crippen molar-refractivity contribution >= 4 is 0 Å². The van der Waals surface area contributed by atoms with Crippen LogP contribution in [0.3, 0.4) is 0 Å². The third-order valence-electron chi connectivity index (χ3n) is 8.43. The Kier molecular flexibility index (Phi) is 4.39. The van der Waals surface area contributed by atoms with Crippen LogP contribution in [-0.2, 0) is 10.8 Å². The Morgan fingerprint density at radius 1 is 0.472 bits per heavy atom. The molecular weight excluding hydrogens is 436 g/mol. The lowest BCUT2D eigenvalue weighted by Crippen LogP contribution is -2.29. The van der Waals surface area contributed by atoms with Gasteiger partial charge in [0.25, 0.3) is 0 Å². The van der Waals surface area contributed by atoms with Crippen LogP contribution in [0.2, 0.25) is 0 Å². The average molecular weight is 465 g/mol. The summed E-state index contributed by atoms with van der Waals surface area (Å²) >= 11 is 0. The van der Waals surface area contributed by atoms with E-state index in [0.29, 0.717) is 0 Å². The van der Waals surface area contributed by atoms with Crippen LogP contribution in [0.1, 0.15) is 48.6 Å². The molecule has 1 unspecified atom stereocenters. The van der Waals surface area contributed by atoms with Crippen molar-refractivity contribution in [2.24, 2.45) is 0 Å². The van der Waals surface area contributed by atoms with Crippen LogP contribution in [0, 0.1) is 0 Å². The zero-order valence-electron chi connectivity index (χ0n) is 20.9. The largest absolute Gasteiger partial charge is 0.457 e. The molecule has 0 saturated carbocycles. The normalized spacial score (nSPS) is 18.4. The van der Waals surface area contributed by atoms with E-state index in [0.717, 1.165) is 11.5 Å². The first-order chi connectivity index (χ1) is 17.5. The van der Waals surface area contributed by atoms with E-state index in [1.54, 1.807) is 0 Å². The Hall–Kier alpha value is -4.10. The fourth-order valence-electron chi connectivity index (χ4n) is 6.41. The quantitative estimate of drug-likeness (QED) is 0.253. The fourth-order valence-corrected chi connectivity index (χ4v) is 6.41. The van der Waals surface area contributed by atoms with E-state index in [1.165, 1.54) is 50.1 Å². The van der Waals surface area contributed by atoms with Gasteiger partial charge in [0.15, 0.2) is 0 Å². The molecule has 0 fully saturated rings. The summed E-state index contributed by atoms with van der Waals surface area (Å²) in [4.78, 5) is 0. The summed E-state index contributed by atoms with van der Waals surface area (Å²) < 4.78 is 6.54. The predicted molar refractivity (Wildman–Crippen MR) is 148 cm³/mol. The SMILES string of the molecule is CC1(C)c2ccccc2-c2cc(-c3ccc4c(c3)Oc3ccccc3C4(C)c3ccccc3)ccc21. The minimum Gasteiger partial charge on any atom is -0.457 e. The van der Waals surface area contributed by atoms with Gasteiger partial charge in [0, 0.05) is 22.0 Å². The van der Waals surface area contributed by atoms with E-state index in [4.69, 9.17) is 4.74 Å². The van der Waals surface area contributed by atoms with E-state index in [9.17, 15) is 0 Å². The molecule has 0 amide bonds. The van der Waals surface area contributed by atoms with E-state index in [2.05, 4.69) is 136 Å². The summed E-state index contributed by atoms with van der Waals surface area (Å²) in [5.74, 6) is 1.86. The highest BCUT2D eigenvalue weighted by atomic mass is 16.5. The summed E-state index contributed by atoms with van der Waals surface area (Å²) in [6.45, 7) is 6.97. The Balaban J connectivity index is 1.39. The lowest BCUT2D eigenvalue weighted by molar-refractivity contribution is 0.427. The summed E-state index contributed by atoms with van der Waals surface area (Å²) in [6.07, 6.45) is 0. The van der Waals surface area contributed by atoms with Gasteiger partial charge in [-0.2, -0.15) is 0 Å². The van der Waals surface area contributed by atoms with E-state index in [1.807, 2.05) is 0 Å². The van der Waals surface area contributed by atoms with Crippen molar-refractivity contribution in [2.45, 2.75) is 31.6 Å². The van der Waals surface area contributed by atoms with Crippen LogP contribution in [0.4, 0.5) is 0 Å². The van der Waals surface area contributed by atoms with Crippen molar-refractivity contribution in [1.82, 2.24) is 0 Å². The second-order valence-corrected chi connectivity index (χ2v) is 10.7. The van der Waals surface area contributed by atoms with Crippen LogP contribution in [-0.4, -0.2) is 0 Å². The first kappa shape index (κ1) is 21.2. The van der Waals surface area contributed by atoms with E-state index in [-0.39, 0.29) is 10.8 Å². The van der Waals surface area contributed by atoms with Gasteiger partial charge >= 0.3 is 0 Å². The van der Waals surface area contributed by atoms with Gasteiger partial charge < -0.3 is 4.74 Å². The maximum atomic E-state index is 6.54. The number of para-hydroxylation sites is 1. The van der Waals surface area contributed by atoms with Crippen molar-refractivity contribution in [3.05, 3.63) is 143 Å². The first-order valence-electron chi connectivity index (χ1n) is 12.7. The Bertz CT molecular complexity index is 1640. The smallest absolute Gasteiger partial charge is 0.132 e. The third kappa shape index (κ3) is 2.83. The zero-order chi connectivity index (χ0) is 24.5. The van der Waals surface area contributed by atoms with Gasteiger partial charge in [-0.05, 0) is 64.1 Å². The minimum absolute atomic E-state index is 0.0185. The monoisotopic (exact) mass is 464 g/mol. The van der Waals surface area contributed by atoms with Gasteiger partial charge in [0.05, 0.1) is 0 Å². The Labute approximate surface area is 213 Å². The zero-order valence-corrected chi connectivity index (χ0v) is 20.9. The average Bonchev–Trinajstić information content (AvgIpc) is 3.15. The molecule has 0 radical (unpaired) electrons. The number of benzene rings is 5. The number of fused-ring (bicyclic) bond motifs is 5. The molecule has 1 aliphatic carbocycles. The highest BCUT2D eigenvalue weighted by Crippen LogP contribution is 2.53. The maximum Gasteiger partial charge on any atom is 0.132 e. The Morgan fingerprint density at radius 3 is 1.86 bits per heavy atom. The summed E-state index contributed by atoms with van der Waals surface area (Å²) in [5, 5.41) is 0. The van der Waals surface area contributed by atoms with Crippen molar-refractivity contribution in [2.75, 3.05) is 0 Å². The molecule has 1 heteroatoms. The first-order valence-corrected chi connectivity index (χ1v) is 12.7. The van der Waals surface area contributed by atoms with Gasteiger partial charge in [0.1, 0.15) is 11.5 Å². The highest BCUT2D eigenvalue weighted by Gasteiger charge is 2.40. The highest BCUT2D eigenvalue weighted by molar-refractivity contribution is 5.85. The van der Waals surface area contributed by atoms with Crippen molar-refractivity contribution in [3.63, 3.8) is 0 Å². The molecule has 2 aliphatic rings. The number of hydrogen-bond donors (Lipinski definition) is 0. The van der Waals surface area contributed by atoms with Gasteiger partial charge in [-0.15, -0.1) is 0 Å². The van der Waals surface area contributed by atoms with Crippen molar-refractivity contribution in [1.29, 1.82) is 0 Å². The van der Waals surface area contributed by atoms with Crippen LogP contribution < -0.4 is 4.74 Å². The maximum absolute atomic E-state index is 6.54. The summed E-state index contributed by atoms with van der Waals surface area (Å²) in [5.41, 5.74) is 11.3. The fraction of sp³-hybridized carbons (Fsp3) is 0.143. The third-order valence-corrected chi connectivity index (χ3v) is 8.43. The molecule has 1 atom stereocenters. The molecule has 7 rings (SSSR count). The van der Waals surface area contributed by atoms with E-state index >= 15 is 0 Å². The topological polar surface area (TPSA) is 9.23 Å². The van der Waals surface area contributed by atoms with Gasteiger partial charge in [-0.3, -0.25) is 0 Å². The van der Waals surface area contributed by atoms with Crippen LogP contribution in [0.25, 0.3) is 22.3 Å². The summed E-state index contributed by atoms with van der Waals surface area (Å²) in [6, 6.07) is 41.7. The van der Waals surface area contributed by atoms with Crippen LogP contribution in [0.5, 0.6) is 11.5 Å². The molecule has 0 spiro atoms. The lowest BCUT2D eigenvalue weighted by atomic mass is 9.69. The molecule has 1 aliphatic heterocycles. The summed E-state index contributed by atoms with van der Waals surface area (Å²) in [7, 11) is 0. The predicted octanol–water partition coefficient (Wildman–Crippen LogP) is 9.12. The molecule has 0 aromatic heterocycles. The molecule has 1 nitrogen and oxygen atoms in total. The van der Waals surface area contributed by atoms with Gasteiger partial charge in [-0.1, -0.05) is 111 Å². The minimum atomic E-state index is -0.287. The molecule has 0 saturated heterocycles. The molecule has 0 N–H and O–H groups in total. The second kappa shape index (κ2) is 7.45. The van der Waals surface area contributed by atoms with Gasteiger partial charge in [-0.25, -0.2) is 0 Å². The molecular formula is C35H28O. The second-order valence-electron chi connectivity index (χ2n) is 10.7. The molecule has 1 heterocycles. The molecule has 0 bridgehead atoms. The molecule has 5 aromatic rings. The lowest BCUT2D eigenvalue weighted by Gasteiger charge is -2.38. The molecule has 174 valence electrons.